The summed E-state index contributed by atoms with van der Waals surface area (Å²) in [4.78, 5) is 16.7. The lowest BCUT2D eigenvalue weighted by atomic mass is 10.1. The first-order chi connectivity index (χ1) is 8.22. The molecule has 2 aliphatic rings. The van der Waals surface area contributed by atoms with Gasteiger partial charge in [0.25, 0.3) is 0 Å². The van der Waals surface area contributed by atoms with E-state index in [0.717, 1.165) is 38.9 Å². The lowest BCUT2D eigenvalue weighted by molar-refractivity contribution is -0.135. The van der Waals surface area contributed by atoms with Crippen LogP contribution in [0.25, 0.3) is 0 Å². The van der Waals surface area contributed by atoms with E-state index < -0.39 is 0 Å². The number of piperazine rings is 1. The molecule has 2 saturated heterocycles. The minimum Gasteiger partial charge on any atom is -0.338 e. The van der Waals surface area contributed by atoms with Crippen LogP contribution in [0.3, 0.4) is 0 Å². The summed E-state index contributed by atoms with van der Waals surface area (Å²) in [7, 11) is 0. The third-order valence-corrected chi connectivity index (χ3v) is 4.08. The second-order valence-electron chi connectivity index (χ2n) is 5.36. The number of carbonyl (C=O) groups is 1. The standard InChI is InChI=1S/C13H25N3O/c1-2-3-6-12(14)13(17)16-9-8-15-7-4-5-11(15)10-16/h11-12H,2-10,14H2,1H3. The van der Waals surface area contributed by atoms with Gasteiger partial charge in [0.1, 0.15) is 0 Å². The van der Waals surface area contributed by atoms with E-state index in [1.807, 2.05) is 4.90 Å². The first-order valence-electron chi connectivity index (χ1n) is 7.00. The summed E-state index contributed by atoms with van der Waals surface area (Å²) in [6, 6.07) is 0.328. The Morgan fingerprint density at radius 3 is 3.00 bits per heavy atom. The minimum absolute atomic E-state index is 0.171. The predicted molar refractivity (Wildman–Crippen MR) is 68.7 cm³/mol. The van der Waals surface area contributed by atoms with E-state index >= 15 is 0 Å². The number of nitrogens with two attached hydrogens (primary N) is 1. The Balaban J connectivity index is 1.83. The molecular weight excluding hydrogens is 214 g/mol. The van der Waals surface area contributed by atoms with E-state index in [4.69, 9.17) is 5.73 Å². The first kappa shape index (κ1) is 12.8. The van der Waals surface area contributed by atoms with E-state index in [9.17, 15) is 4.79 Å². The molecule has 2 aliphatic heterocycles. The third kappa shape index (κ3) is 2.99. The molecule has 2 unspecified atom stereocenters. The monoisotopic (exact) mass is 239 g/mol. The zero-order chi connectivity index (χ0) is 12.3. The number of fused-ring (bicyclic) bond motifs is 1. The molecule has 0 bridgehead atoms. The van der Waals surface area contributed by atoms with Gasteiger partial charge in [-0.3, -0.25) is 9.69 Å². The molecule has 0 saturated carbocycles. The van der Waals surface area contributed by atoms with Crippen LogP contribution in [0.1, 0.15) is 39.0 Å². The largest absolute Gasteiger partial charge is 0.338 e. The van der Waals surface area contributed by atoms with Gasteiger partial charge < -0.3 is 10.6 Å². The maximum atomic E-state index is 12.2. The third-order valence-electron chi connectivity index (χ3n) is 4.08. The van der Waals surface area contributed by atoms with Crippen LogP contribution in [-0.2, 0) is 4.79 Å². The van der Waals surface area contributed by atoms with Crippen LogP contribution in [0.2, 0.25) is 0 Å². The van der Waals surface area contributed by atoms with Crippen LogP contribution in [0.4, 0.5) is 0 Å². The van der Waals surface area contributed by atoms with Crippen molar-refractivity contribution in [2.75, 3.05) is 26.2 Å². The van der Waals surface area contributed by atoms with E-state index in [1.165, 1.54) is 19.4 Å². The molecule has 2 atom stereocenters. The van der Waals surface area contributed by atoms with Crippen molar-refractivity contribution in [3.63, 3.8) is 0 Å². The van der Waals surface area contributed by atoms with Gasteiger partial charge in [0.15, 0.2) is 0 Å². The van der Waals surface area contributed by atoms with Crippen LogP contribution >= 0.6 is 0 Å². The molecule has 0 aliphatic carbocycles. The topological polar surface area (TPSA) is 49.6 Å². The summed E-state index contributed by atoms with van der Waals surface area (Å²) in [5.74, 6) is 0.171. The molecule has 0 aromatic carbocycles. The molecule has 0 radical (unpaired) electrons. The second-order valence-corrected chi connectivity index (χ2v) is 5.36. The fourth-order valence-electron chi connectivity index (χ4n) is 2.97. The Hall–Kier alpha value is -0.610. The number of nitrogens with zero attached hydrogens (tertiary/aromatic N) is 2. The first-order valence-corrected chi connectivity index (χ1v) is 7.00. The van der Waals surface area contributed by atoms with Crippen LogP contribution in [0.5, 0.6) is 0 Å². The van der Waals surface area contributed by atoms with Crippen molar-refractivity contribution in [2.24, 2.45) is 5.73 Å². The highest BCUT2D eigenvalue weighted by Crippen LogP contribution is 2.21. The summed E-state index contributed by atoms with van der Waals surface area (Å²) < 4.78 is 0. The fourth-order valence-corrected chi connectivity index (χ4v) is 2.97. The van der Waals surface area contributed by atoms with Crippen LogP contribution in [0, 0.1) is 0 Å². The van der Waals surface area contributed by atoms with Crippen LogP contribution < -0.4 is 5.73 Å². The number of amides is 1. The van der Waals surface area contributed by atoms with Crippen molar-refractivity contribution < 1.29 is 4.79 Å². The van der Waals surface area contributed by atoms with Gasteiger partial charge >= 0.3 is 0 Å². The normalized spacial score (nSPS) is 26.9. The Morgan fingerprint density at radius 2 is 2.24 bits per heavy atom. The van der Waals surface area contributed by atoms with Gasteiger partial charge in [-0.1, -0.05) is 19.8 Å². The zero-order valence-corrected chi connectivity index (χ0v) is 10.9. The molecule has 2 fully saturated rings. The van der Waals surface area contributed by atoms with Crippen molar-refractivity contribution in [3.8, 4) is 0 Å². The van der Waals surface area contributed by atoms with Crippen molar-refractivity contribution in [2.45, 2.75) is 51.1 Å². The Kier molecular flexibility index (Phi) is 4.40. The highest BCUT2D eigenvalue weighted by atomic mass is 16.2. The lowest BCUT2D eigenvalue weighted by Crippen LogP contribution is -2.55. The van der Waals surface area contributed by atoms with Crippen molar-refractivity contribution in [1.82, 2.24) is 9.80 Å². The van der Waals surface area contributed by atoms with Crippen molar-refractivity contribution >= 4 is 5.91 Å². The summed E-state index contributed by atoms with van der Waals surface area (Å²) >= 11 is 0. The van der Waals surface area contributed by atoms with Gasteiger partial charge in [-0.15, -0.1) is 0 Å². The fraction of sp³-hybridized carbons (Fsp3) is 0.923. The van der Waals surface area contributed by atoms with E-state index in [-0.39, 0.29) is 11.9 Å². The summed E-state index contributed by atoms with van der Waals surface area (Å²) in [6.45, 7) is 6.16. The number of hydrogen-bond acceptors (Lipinski definition) is 3. The summed E-state index contributed by atoms with van der Waals surface area (Å²) in [6.07, 6.45) is 5.52. The quantitative estimate of drug-likeness (QED) is 0.790. The average Bonchev–Trinajstić information content (AvgIpc) is 2.81. The molecule has 2 N–H and O–H groups in total. The molecule has 98 valence electrons. The predicted octanol–water partition coefficient (Wildman–Crippen LogP) is 0.811. The molecule has 2 heterocycles. The van der Waals surface area contributed by atoms with Gasteiger partial charge in [0.05, 0.1) is 6.04 Å². The van der Waals surface area contributed by atoms with E-state index in [0.29, 0.717) is 6.04 Å². The van der Waals surface area contributed by atoms with Crippen molar-refractivity contribution in [1.29, 1.82) is 0 Å². The number of unbranched alkanes of at least 4 members (excludes halogenated alkanes) is 1. The van der Waals surface area contributed by atoms with Gasteiger partial charge in [0, 0.05) is 25.7 Å². The van der Waals surface area contributed by atoms with Gasteiger partial charge in [-0.2, -0.15) is 0 Å². The maximum absolute atomic E-state index is 12.2. The smallest absolute Gasteiger partial charge is 0.239 e. The molecule has 4 nitrogen and oxygen atoms in total. The van der Waals surface area contributed by atoms with E-state index in [2.05, 4.69) is 11.8 Å². The van der Waals surface area contributed by atoms with E-state index in [1.54, 1.807) is 0 Å². The number of carbonyl (C=O) groups excluding carboxylic acids is 1. The zero-order valence-electron chi connectivity index (χ0n) is 10.9. The molecular formula is C13H25N3O. The SMILES string of the molecule is CCCCC(N)C(=O)N1CCN2CCCC2C1. The molecule has 1 amide bonds. The lowest BCUT2D eigenvalue weighted by Gasteiger charge is -2.38. The minimum atomic E-state index is -0.275. The molecule has 2 rings (SSSR count). The van der Waals surface area contributed by atoms with Gasteiger partial charge in [0.2, 0.25) is 5.91 Å². The van der Waals surface area contributed by atoms with Gasteiger partial charge in [-0.25, -0.2) is 0 Å². The highest BCUT2D eigenvalue weighted by Gasteiger charge is 2.33. The summed E-state index contributed by atoms with van der Waals surface area (Å²) in [5.41, 5.74) is 5.97. The number of hydrogen-bond donors (Lipinski definition) is 1. The van der Waals surface area contributed by atoms with Crippen molar-refractivity contribution in [3.05, 3.63) is 0 Å². The Morgan fingerprint density at radius 1 is 1.41 bits per heavy atom. The Bertz CT molecular complexity index is 269. The highest BCUT2D eigenvalue weighted by molar-refractivity contribution is 5.81. The molecule has 0 spiro atoms. The Labute approximate surface area is 104 Å². The molecule has 4 heteroatoms. The second kappa shape index (κ2) is 5.83. The summed E-state index contributed by atoms with van der Waals surface area (Å²) in [5, 5.41) is 0. The molecule has 0 aromatic rings. The molecule has 17 heavy (non-hydrogen) atoms. The molecule has 0 aromatic heterocycles. The number of rotatable bonds is 4. The maximum Gasteiger partial charge on any atom is 0.239 e. The average molecular weight is 239 g/mol. The van der Waals surface area contributed by atoms with Crippen LogP contribution in [0.15, 0.2) is 0 Å². The van der Waals surface area contributed by atoms with Gasteiger partial charge in [-0.05, 0) is 25.8 Å². The van der Waals surface area contributed by atoms with Crippen LogP contribution in [-0.4, -0.2) is 54.0 Å².